The van der Waals surface area contributed by atoms with Crippen molar-refractivity contribution in [3.63, 3.8) is 0 Å². The highest BCUT2D eigenvalue weighted by Gasteiger charge is 2.40. The Morgan fingerprint density at radius 1 is 1.18 bits per heavy atom. The second-order valence-corrected chi connectivity index (χ2v) is 8.28. The molecule has 5 rings (SSSR count). The first-order chi connectivity index (χ1) is 13.6. The quantitative estimate of drug-likeness (QED) is 0.696. The normalized spacial score (nSPS) is 23.6. The van der Waals surface area contributed by atoms with Crippen LogP contribution in [0, 0.1) is 0 Å². The van der Waals surface area contributed by atoms with E-state index in [0.29, 0.717) is 11.7 Å². The number of hydrogen-bond donors (Lipinski definition) is 1. The Labute approximate surface area is 164 Å². The van der Waals surface area contributed by atoms with Crippen LogP contribution >= 0.6 is 11.3 Å². The smallest absolute Gasteiger partial charge is 0.266 e. The van der Waals surface area contributed by atoms with E-state index in [1.54, 1.807) is 16.2 Å². The van der Waals surface area contributed by atoms with Crippen LogP contribution < -0.4 is 15.0 Å². The number of fused-ring (bicyclic) bond motifs is 1. The first kappa shape index (κ1) is 17.5. The largest absolute Gasteiger partial charge is 0.472 e. The van der Waals surface area contributed by atoms with Gasteiger partial charge in [-0.2, -0.15) is 0 Å². The van der Waals surface area contributed by atoms with Crippen LogP contribution in [0.4, 0.5) is 19.7 Å². The number of nitrogens with zero attached hydrogens (tertiary/aromatic N) is 4. The summed E-state index contributed by atoms with van der Waals surface area (Å²) in [6.07, 6.45) is 4.48. The fraction of sp³-hybridized carbons (Fsp3) is 0.421. The Bertz CT molecular complexity index is 958. The molecule has 9 heteroatoms. The molecule has 3 aromatic rings. The molecular weight excluding hydrogens is 384 g/mol. The average molecular weight is 403 g/mol. The zero-order chi connectivity index (χ0) is 19.1. The van der Waals surface area contributed by atoms with Crippen LogP contribution in [0.15, 0.2) is 36.7 Å². The minimum Gasteiger partial charge on any atom is -0.472 e. The Hall–Kier alpha value is -2.55. The van der Waals surface area contributed by atoms with Crippen LogP contribution in [0.25, 0.3) is 10.2 Å². The van der Waals surface area contributed by atoms with Gasteiger partial charge in [-0.15, -0.1) is 0 Å². The van der Waals surface area contributed by atoms with Gasteiger partial charge in [0.25, 0.3) is 11.8 Å². The van der Waals surface area contributed by atoms with E-state index in [-0.39, 0.29) is 31.7 Å². The van der Waals surface area contributed by atoms with E-state index in [2.05, 4.69) is 26.3 Å². The lowest BCUT2D eigenvalue weighted by Crippen LogP contribution is -2.43. The lowest BCUT2D eigenvalue weighted by Gasteiger charge is -2.35. The summed E-state index contributed by atoms with van der Waals surface area (Å²) < 4.78 is 34.2. The molecule has 1 aliphatic heterocycles. The molecule has 146 valence electrons. The van der Waals surface area contributed by atoms with E-state index in [0.717, 1.165) is 28.2 Å². The molecule has 1 saturated heterocycles. The minimum atomic E-state index is -2.68. The number of nitrogens with one attached hydrogen (secondary N) is 1. The SMILES string of the molecule is FC1(F)CCN(c2nccnc2O[C@H]2C[C@H](Nc3nc4ccccc4s3)C2)C1. The van der Waals surface area contributed by atoms with Crippen LogP contribution in [-0.2, 0) is 0 Å². The molecule has 2 aliphatic rings. The number of alkyl halides is 2. The summed E-state index contributed by atoms with van der Waals surface area (Å²) in [5.74, 6) is -1.94. The summed E-state index contributed by atoms with van der Waals surface area (Å²) in [5.41, 5.74) is 0.994. The van der Waals surface area contributed by atoms with Crippen molar-refractivity contribution in [2.45, 2.75) is 37.3 Å². The van der Waals surface area contributed by atoms with E-state index < -0.39 is 5.92 Å². The first-order valence-corrected chi connectivity index (χ1v) is 10.1. The highest BCUT2D eigenvalue weighted by molar-refractivity contribution is 7.22. The van der Waals surface area contributed by atoms with Crippen LogP contribution in [0.1, 0.15) is 19.3 Å². The van der Waals surface area contributed by atoms with Gasteiger partial charge in [0.1, 0.15) is 6.10 Å². The monoisotopic (exact) mass is 403 g/mol. The molecule has 0 radical (unpaired) electrons. The zero-order valence-corrected chi connectivity index (χ0v) is 15.8. The second-order valence-electron chi connectivity index (χ2n) is 7.25. The predicted octanol–water partition coefficient (Wildman–Crippen LogP) is 3.95. The molecule has 0 spiro atoms. The molecule has 2 aromatic heterocycles. The van der Waals surface area contributed by atoms with Crippen molar-refractivity contribution in [3.05, 3.63) is 36.7 Å². The molecule has 1 aromatic carbocycles. The van der Waals surface area contributed by atoms with Crippen molar-refractivity contribution >= 4 is 32.5 Å². The summed E-state index contributed by atoms with van der Waals surface area (Å²) in [5, 5.41) is 4.35. The predicted molar refractivity (Wildman–Crippen MR) is 104 cm³/mol. The maximum atomic E-state index is 13.5. The van der Waals surface area contributed by atoms with Crippen molar-refractivity contribution in [1.82, 2.24) is 15.0 Å². The van der Waals surface area contributed by atoms with Gasteiger partial charge in [0.2, 0.25) is 0 Å². The zero-order valence-electron chi connectivity index (χ0n) is 15.0. The van der Waals surface area contributed by atoms with Gasteiger partial charge >= 0.3 is 0 Å². The van der Waals surface area contributed by atoms with E-state index in [4.69, 9.17) is 4.74 Å². The lowest BCUT2D eigenvalue weighted by molar-refractivity contribution is 0.0256. The van der Waals surface area contributed by atoms with Crippen molar-refractivity contribution in [2.75, 3.05) is 23.3 Å². The molecule has 0 unspecified atom stereocenters. The number of aromatic nitrogens is 3. The van der Waals surface area contributed by atoms with Gasteiger partial charge in [0, 0.05) is 44.2 Å². The van der Waals surface area contributed by atoms with Crippen LogP contribution in [0.5, 0.6) is 5.88 Å². The van der Waals surface area contributed by atoms with Crippen molar-refractivity contribution in [1.29, 1.82) is 0 Å². The number of benzene rings is 1. The Morgan fingerprint density at radius 2 is 2.00 bits per heavy atom. The standard InChI is InChI=1S/C19H19F2N5OS/c20-19(21)5-8-26(11-19)16-17(23-7-6-22-16)27-13-9-12(10-13)24-18-25-14-3-1-2-4-15(14)28-18/h1-4,6-7,12-13H,5,8-11H2,(H,24,25)/t12-,13-. The Balaban J connectivity index is 1.20. The summed E-state index contributed by atoms with van der Waals surface area (Å²) in [4.78, 5) is 14.6. The van der Waals surface area contributed by atoms with E-state index >= 15 is 0 Å². The summed E-state index contributed by atoms with van der Waals surface area (Å²) >= 11 is 1.64. The number of rotatable bonds is 5. The van der Waals surface area contributed by atoms with Gasteiger partial charge in [0.15, 0.2) is 10.9 Å². The van der Waals surface area contributed by atoms with Crippen LogP contribution in [-0.4, -0.2) is 46.1 Å². The molecule has 0 amide bonds. The molecule has 3 heterocycles. The fourth-order valence-electron chi connectivity index (χ4n) is 3.58. The van der Waals surface area contributed by atoms with E-state index in [1.165, 1.54) is 12.4 Å². The van der Waals surface area contributed by atoms with Crippen molar-refractivity contribution in [3.8, 4) is 5.88 Å². The number of anilines is 2. The number of hydrogen-bond acceptors (Lipinski definition) is 7. The Morgan fingerprint density at radius 3 is 2.79 bits per heavy atom. The molecule has 1 N–H and O–H groups in total. The first-order valence-electron chi connectivity index (χ1n) is 9.28. The average Bonchev–Trinajstić information content (AvgIpc) is 3.22. The number of thiazole rings is 1. The van der Waals surface area contributed by atoms with Gasteiger partial charge in [-0.1, -0.05) is 23.5 Å². The van der Waals surface area contributed by atoms with E-state index in [9.17, 15) is 8.78 Å². The van der Waals surface area contributed by atoms with Crippen LogP contribution in [0.3, 0.4) is 0 Å². The third-order valence-corrected chi connectivity index (χ3v) is 6.08. The molecule has 1 saturated carbocycles. The third-order valence-electron chi connectivity index (χ3n) is 5.11. The maximum Gasteiger partial charge on any atom is 0.266 e. The number of ether oxygens (including phenoxy) is 1. The summed E-state index contributed by atoms with van der Waals surface area (Å²) in [6.45, 7) is -0.0803. The minimum absolute atomic E-state index is 0.00885. The Kier molecular flexibility index (Phi) is 4.26. The van der Waals surface area contributed by atoms with Gasteiger partial charge in [-0.3, -0.25) is 0 Å². The van der Waals surface area contributed by atoms with Gasteiger partial charge in [0.05, 0.1) is 16.8 Å². The molecule has 28 heavy (non-hydrogen) atoms. The molecule has 6 nitrogen and oxygen atoms in total. The van der Waals surface area contributed by atoms with Gasteiger partial charge in [-0.25, -0.2) is 23.7 Å². The van der Waals surface area contributed by atoms with E-state index in [1.807, 2.05) is 18.2 Å². The second kappa shape index (κ2) is 6.80. The van der Waals surface area contributed by atoms with Crippen LogP contribution in [0.2, 0.25) is 0 Å². The fourth-order valence-corrected chi connectivity index (χ4v) is 4.52. The molecule has 1 aliphatic carbocycles. The van der Waals surface area contributed by atoms with Crippen molar-refractivity contribution < 1.29 is 13.5 Å². The number of para-hydroxylation sites is 1. The number of halogens is 2. The van der Waals surface area contributed by atoms with Gasteiger partial charge in [-0.05, 0) is 12.1 Å². The summed E-state index contributed by atoms with van der Waals surface area (Å²) in [6, 6.07) is 8.32. The molecule has 0 atom stereocenters. The molecule has 0 bridgehead atoms. The van der Waals surface area contributed by atoms with Gasteiger partial charge < -0.3 is 15.0 Å². The topological polar surface area (TPSA) is 63.2 Å². The lowest BCUT2D eigenvalue weighted by atomic mass is 9.89. The highest BCUT2D eigenvalue weighted by atomic mass is 32.1. The maximum absolute atomic E-state index is 13.5. The van der Waals surface area contributed by atoms with Crippen molar-refractivity contribution in [2.24, 2.45) is 0 Å². The highest BCUT2D eigenvalue weighted by Crippen LogP contribution is 2.36. The summed E-state index contributed by atoms with van der Waals surface area (Å²) in [7, 11) is 0. The molecule has 2 fully saturated rings. The molecular formula is C19H19F2N5OS. The third kappa shape index (κ3) is 3.46.